The minimum absolute atomic E-state index is 0.112. The summed E-state index contributed by atoms with van der Waals surface area (Å²) in [5.74, 6) is 0.490. The molecule has 3 aromatic carbocycles. The molecule has 0 bridgehead atoms. The number of hydrogen-bond donors (Lipinski definition) is 0. The zero-order valence-corrected chi connectivity index (χ0v) is 29.1. The quantitative estimate of drug-likeness (QED) is 0.124. The van der Waals surface area contributed by atoms with Crippen molar-refractivity contribution in [2.75, 3.05) is 0 Å². The van der Waals surface area contributed by atoms with E-state index in [1.54, 1.807) is 0 Å². The van der Waals surface area contributed by atoms with E-state index in [4.69, 9.17) is 0 Å². The van der Waals surface area contributed by atoms with Crippen LogP contribution in [0.3, 0.4) is 0 Å². The number of aryl methyl sites for hydroxylation is 1. The number of benzene rings is 3. The third-order valence-corrected chi connectivity index (χ3v) is 12.5. The Kier molecular flexibility index (Phi) is 7.09. The van der Waals surface area contributed by atoms with E-state index < -0.39 is 0 Å². The number of nitrogens with zero attached hydrogens (tertiary/aromatic N) is 1. The molecule has 1 saturated carbocycles. The first kappa shape index (κ1) is 30.2. The van der Waals surface area contributed by atoms with Gasteiger partial charge >= 0.3 is 0 Å². The van der Waals surface area contributed by atoms with E-state index in [2.05, 4.69) is 141 Å². The van der Waals surface area contributed by atoms with Crippen molar-refractivity contribution in [1.82, 2.24) is 0 Å². The van der Waals surface area contributed by atoms with Crippen molar-refractivity contribution in [2.45, 2.75) is 106 Å². The molecule has 0 saturated heterocycles. The molecular formula is C41H51NS. The zero-order chi connectivity index (χ0) is 31.1. The van der Waals surface area contributed by atoms with Crippen LogP contribution in [0.5, 0.6) is 0 Å². The summed E-state index contributed by atoms with van der Waals surface area (Å²) >= 11 is 2.00. The molecule has 0 radical (unpaired) electrons. The van der Waals surface area contributed by atoms with Crippen molar-refractivity contribution in [2.24, 2.45) is 16.2 Å². The zero-order valence-electron chi connectivity index (χ0n) is 28.2. The highest BCUT2D eigenvalue weighted by molar-refractivity contribution is 7.20. The summed E-state index contributed by atoms with van der Waals surface area (Å²) in [6.45, 7) is 29.0. The van der Waals surface area contributed by atoms with Gasteiger partial charge in [0, 0.05) is 0 Å². The van der Waals surface area contributed by atoms with Gasteiger partial charge in [-0.25, -0.2) is 0 Å². The number of thiophene rings is 1. The molecule has 0 N–H and O–H groups in total. The highest BCUT2D eigenvalue weighted by Gasteiger charge is 2.51. The molecule has 1 nitrogen and oxygen atoms in total. The Labute approximate surface area is 264 Å². The first-order valence-electron chi connectivity index (χ1n) is 16.4. The van der Waals surface area contributed by atoms with Gasteiger partial charge < -0.3 is 0 Å². The van der Waals surface area contributed by atoms with Crippen molar-refractivity contribution in [3.8, 4) is 0 Å². The lowest BCUT2D eigenvalue weighted by Gasteiger charge is -2.56. The SMILES string of the molecule is C=[N+]1C=Cc2c([s+][c-]3c(C4C(C)(C)CC(C)(C)CC4(C)C)cccc23)[C-]1c1cc(C(C)(CC)CC)c2ccccc2c1C. The average molecular weight is 590 g/mol. The van der Waals surface area contributed by atoms with Crippen molar-refractivity contribution in [3.05, 3.63) is 93.5 Å². The fraction of sp³-hybridized carbons (Fsp3) is 0.463. The molecular weight excluding hydrogens is 539 g/mol. The molecule has 4 aromatic rings. The maximum atomic E-state index is 4.57. The Hall–Kier alpha value is -2.84. The van der Waals surface area contributed by atoms with Crippen molar-refractivity contribution in [1.29, 1.82) is 0 Å². The summed E-state index contributed by atoms with van der Waals surface area (Å²) in [6.07, 6.45) is 9.19. The number of rotatable bonds is 5. The summed E-state index contributed by atoms with van der Waals surface area (Å²) in [4.78, 5) is 1.35. The molecule has 1 aliphatic heterocycles. The molecule has 0 atom stereocenters. The third kappa shape index (κ3) is 4.71. The van der Waals surface area contributed by atoms with Gasteiger partial charge in [-0.15, -0.1) is 18.2 Å². The normalized spacial score (nSPS) is 19.8. The second-order valence-corrected chi connectivity index (χ2v) is 17.1. The third-order valence-electron chi connectivity index (χ3n) is 11.2. The van der Waals surface area contributed by atoms with Crippen LogP contribution in [0, 0.1) is 29.2 Å². The van der Waals surface area contributed by atoms with E-state index in [-0.39, 0.29) is 16.2 Å². The van der Waals surface area contributed by atoms with Crippen LogP contribution in [0.2, 0.25) is 0 Å². The monoisotopic (exact) mass is 589 g/mol. The summed E-state index contributed by atoms with van der Waals surface area (Å²) in [7, 11) is 0. The Morgan fingerprint density at radius 3 is 2.19 bits per heavy atom. The molecule has 0 amide bonds. The highest BCUT2D eigenvalue weighted by atomic mass is 32.1. The minimum Gasteiger partial charge on any atom is -0.257 e. The molecule has 43 heavy (non-hydrogen) atoms. The summed E-state index contributed by atoms with van der Waals surface area (Å²) in [6, 6.07) is 19.9. The molecule has 226 valence electrons. The fourth-order valence-electron chi connectivity index (χ4n) is 9.91. The van der Waals surface area contributed by atoms with E-state index in [0.717, 1.165) is 12.8 Å². The maximum absolute atomic E-state index is 4.57. The van der Waals surface area contributed by atoms with Crippen molar-refractivity contribution in [3.63, 3.8) is 0 Å². The molecule has 1 aromatic heterocycles. The number of fused-ring (bicyclic) bond motifs is 4. The smallest absolute Gasteiger partial charge is 0.197 e. The van der Waals surface area contributed by atoms with Gasteiger partial charge in [0.1, 0.15) is 17.5 Å². The highest BCUT2D eigenvalue weighted by Crippen LogP contribution is 2.63. The summed E-state index contributed by atoms with van der Waals surface area (Å²) < 4.78 is 3.59. The second kappa shape index (κ2) is 10.1. The predicted molar refractivity (Wildman–Crippen MR) is 190 cm³/mol. The van der Waals surface area contributed by atoms with Gasteiger partial charge in [-0.2, -0.15) is 0 Å². The predicted octanol–water partition coefficient (Wildman–Crippen LogP) is 12.0. The largest absolute Gasteiger partial charge is 0.257 e. The molecule has 2 heterocycles. The van der Waals surface area contributed by atoms with E-state index in [1.807, 2.05) is 11.3 Å². The average Bonchev–Trinajstić information content (AvgIpc) is 3.31. The lowest BCUT2D eigenvalue weighted by atomic mass is 9.49. The second-order valence-electron chi connectivity index (χ2n) is 16.0. The van der Waals surface area contributed by atoms with Crippen LogP contribution in [-0.4, -0.2) is 11.3 Å². The van der Waals surface area contributed by atoms with Crippen LogP contribution in [-0.2, 0) is 5.41 Å². The van der Waals surface area contributed by atoms with E-state index in [0.29, 0.717) is 11.3 Å². The van der Waals surface area contributed by atoms with Crippen LogP contribution in [0.1, 0.15) is 127 Å². The molecule has 2 aliphatic rings. The lowest BCUT2D eigenvalue weighted by Crippen LogP contribution is -2.45. The molecule has 1 fully saturated rings. The minimum atomic E-state index is 0.112. The Morgan fingerprint density at radius 1 is 0.930 bits per heavy atom. The van der Waals surface area contributed by atoms with E-state index in [1.165, 1.54) is 72.4 Å². The standard InChI is InChI=1S/C41H51NS/c1-12-41(10,13-2)33-23-32(26(3)27-17-14-15-18-28(27)33)34-36-30(21-22-42(34)11)29-19-16-20-31(35(29)43-36)37-39(6,7)24-38(4,5)25-40(37,8)9/h14-23,37H,11-13,24-25H2,1-10H3. The van der Waals surface area contributed by atoms with Crippen LogP contribution in [0.15, 0.2) is 54.7 Å². The van der Waals surface area contributed by atoms with Gasteiger partial charge in [-0.1, -0.05) is 116 Å². The van der Waals surface area contributed by atoms with Crippen LogP contribution in [0.25, 0.3) is 26.9 Å². The Morgan fingerprint density at radius 2 is 1.56 bits per heavy atom. The van der Waals surface area contributed by atoms with Gasteiger partial charge in [0.2, 0.25) is 0 Å². The van der Waals surface area contributed by atoms with Crippen LogP contribution in [0.4, 0.5) is 0 Å². The Bertz CT molecular complexity index is 1750. The van der Waals surface area contributed by atoms with Gasteiger partial charge in [0.05, 0.1) is 6.72 Å². The van der Waals surface area contributed by atoms with Gasteiger partial charge in [-0.3, -0.25) is 4.58 Å². The molecule has 0 unspecified atom stereocenters. The lowest BCUT2D eigenvalue weighted by molar-refractivity contribution is -0.417. The van der Waals surface area contributed by atoms with Gasteiger partial charge in [-0.05, 0) is 86.8 Å². The fourth-order valence-corrected chi connectivity index (χ4v) is 11.3. The topological polar surface area (TPSA) is 3.01 Å². The Balaban J connectivity index is 1.59. The van der Waals surface area contributed by atoms with Crippen LogP contribution < -0.4 is 0 Å². The van der Waals surface area contributed by atoms with E-state index >= 15 is 0 Å². The molecule has 6 rings (SSSR count). The van der Waals surface area contributed by atoms with Crippen LogP contribution >= 0.6 is 11.3 Å². The van der Waals surface area contributed by atoms with E-state index in [9.17, 15) is 0 Å². The van der Waals surface area contributed by atoms with Gasteiger partial charge in [0.25, 0.3) is 0 Å². The molecule has 2 heteroatoms. The first-order valence-corrected chi connectivity index (χ1v) is 17.2. The maximum Gasteiger partial charge on any atom is 0.197 e. The summed E-state index contributed by atoms with van der Waals surface area (Å²) in [5.41, 5.74) is 7.88. The molecule has 1 aliphatic carbocycles. The molecule has 0 spiro atoms. The van der Waals surface area contributed by atoms with Gasteiger partial charge in [0.15, 0.2) is 15.6 Å². The van der Waals surface area contributed by atoms with Crippen molar-refractivity contribution >= 4 is 45.0 Å². The van der Waals surface area contributed by atoms with Crippen molar-refractivity contribution < 1.29 is 4.58 Å². The first-order chi connectivity index (χ1) is 20.1. The number of hydrogen-bond acceptors (Lipinski definition) is 0. The summed E-state index contributed by atoms with van der Waals surface area (Å²) in [5, 5.41) is 4.14.